The van der Waals surface area contributed by atoms with Gasteiger partial charge in [0.2, 0.25) is 0 Å². The molecule has 5 rings (SSSR count). The number of imidazole rings is 1. The first-order valence-corrected chi connectivity index (χ1v) is 12.3. The highest BCUT2D eigenvalue weighted by Gasteiger charge is 2.23. The molecule has 174 valence electrons. The minimum atomic E-state index is -0.328. The van der Waals surface area contributed by atoms with Crippen LogP contribution in [0.3, 0.4) is 0 Å². The van der Waals surface area contributed by atoms with Gasteiger partial charge in [0.15, 0.2) is 0 Å². The summed E-state index contributed by atoms with van der Waals surface area (Å²) in [6.07, 6.45) is 6.44. The normalized spacial score (nSPS) is 15.3. The van der Waals surface area contributed by atoms with Crippen LogP contribution in [0.25, 0.3) is 16.9 Å². The Hall–Kier alpha value is -3.19. The molecule has 0 bridgehead atoms. The zero-order chi connectivity index (χ0) is 23.7. The zero-order valence-electron chi connectivity index (χ0n) is 18.9. The van der Waals surface area contributed by atoms with Gasteiger partial charge in [-0.25, -0.2) is 18.7 Å². The van der Waals surface area contributed by atoms with Gasteiger partial charge in [-0.05, 0) is 87.1 Å². The van der Waals surface area contributed by atoms with E-state index < -0.39 is 0 Å². The first-order chi connectivity index (χ1) is 16.4. The topological polar surface area (TPSA) is 47.8 Å². The zero-order valence-corrected chi connectivity index (χ0v) is 19.7. The molecule has 0 spiro atoms. The number of nitrogens with zero attached hydrogens (tertiary/aromatic N) is 3. The molecule has 2 aromatic heterocycles. The second-order valence-electron chi connectivity index (χ2n) is 8.86. The Morgan fingerprint density at radius 2 is 1.76 bits per heavy atom. The molecule has 0 saturated carbocycles. The summed E-state index contributed by atoms with van der Waals surface area (Å²) >= 11 is 1.79. The molecule has 0 radical (unpaired) electrons. The lowest BCUT2D eigenvalue weighted by Crippen LogP contribution is -2.16. The number of ketones is 1. The maximum Gasteiger partial charge on any atom is 0.140 e. The van der Waals surface area contributed by atoms with Gasteiger partial charge in [-0.15, -0.1) is 11.3 Å². The van der Waals surface area contributed by atoms with Crippen LogP contribution in [0.2, 0.25) is 0 Å². The Balaban J connectivity index is 1.32. The molecule has 4 nitrogen and oxygen atoms in total. The molecule has 0 saturated heterocycles. The number of carbonyl (C=O) groups excluding carboxylic acids is 1. The Labute approximate surface area is 201 Å². The number of aromatic nitrogens is 3. The molecule has 0 fully saturated rings. The molecule has 0 amide bonds. The molecule has 0 aliphatic heterocycles. The minimum Gasteiger partial charge on any atom is -0.303 e. The summed E-state index contributed by atoms with van der Waals surface area (Å²) in [5, 5.41) is 1.12. The molecule has 1 atom stereocenters. The van der Waals surface area contributed by atoms with E-state index in [1.54, 1.807) is 35.6 Å². The van der Waals surface area contributed by atoms with Gasteiger partial charge in [-0.3, -0.25) is 4.79 Å². The average Bonchev–Trinajstić information content (AvgIpc) is 3.41. The van der Waals surface area contributed by atoms with Crippen molar-refractivity contribution in [2.75, 3.05) is 0 Å². The van der Waals surface area contributed by atoms with Gasteiger partial charge in [0.05, 0.1) is 22.8 Å². The third kappa shape index (κ3) is 4.99. The molecule has 4 aromatic rings. The highest BCUT2D eigenvalue weighted by Crippen LogP contribution is 2.32. The number of fused-ring (bicyclic) bond motifs is 1. The summed E-state index contributed by atoms with van der Waals surface area (Å²) in [6, 6.07) is 12.2. The lowest BCUT2D eigenvalue weighted by molar-refractivity contribution is -0.118. The number of thiazole rings is 1. The number of benzene rings is 2. The summed E-state index contributed by atoms with van der Waals surface area (Å²) in [5.41, 5.74) is 3.34. The van der Waals surface area contributed by atoms with E-state index in [-0.39, 0.29) is 23.8 Å². The van der Waals surface area contributed by atoms with Crippen LogP contribution in [0.15, 0.2) is 54.7 Å². The highest BCUT2D eigenvalue weighted by atomic mass is 32.1. The molecule has 1 aliphatic rings. The van der Waals surface area contributed by atoms with Crippen molar-refractivity contribution in [3.8, 4) is 16.9 Å². The Kier molecular flexibility index (Phi) is 6.37. The summed E-state index contributed by atoms with van der Waals surface area (Å²) in [6.45, 7) is 2.05. The van der Waals surface area contributed by atoms with Crippen molar-refractivity contribution >= 4 is 17.1 Å². The van der Waals surface area contributed by atoms with Crippen LogP contribution in [0.5, 0.6) is 0 Å². The smallest absolute Gasteiger partial charge is 0.140 e. The van der Waals surface area contributed by atoms with Crippen LogP contribution >= 0.6 is 11.3 Å². The van der Waals surface area contributed by atoms with Crippen molar-refractivity contribution in [1.29, 1.82) is 0 Å². The van der Waals surface area contributed by atoms with Gasteiger partial charge in [0, 0.05) is 28.7 Å². The number of hydrogen-bond acceptors (Lipinski definition) is 4. The predicted molar refractivity (Wildman–Crippen MR) is 129 cm³/mol. The van der Waals surface area contributed by atoms with Gasteiger partial charge in [-0.1, -0.05) is 0 Å². The maximum absolute atomic E-state index is 13.5. The third-order valence-corrected chi connectivity index (χ3v) is 7.43. The van der Waals surface area contributed by atoms with Crippen molar-refractivity contribution in [1.82, 2.24) is 14.5 Å². The highest BCUT2D eigenvalue weighted by molar-refractivity contribution is 7.11. The average molecular weight is 478 g/mol. The number of aryl methyl sites for hydroxylation is 2. The van der Waals surface area contributed by atoms with Gasteiger partial charge >= 0.3 is 0 Å². The number of rotatable bonds is 7. The largest absolute Gasteiger partial charge is 0.303 e. The van der Waals surface area contributed by atoms with E-state index in [1.165, 1.54) is 34.8 Å². The van der Waals surface area contributed by atoms with E-state index in [2.05, 4.69) is 4.98 Å². The van der Waals surface area contributed by atoms with Crippen molar-refractivity contribution in [2.45, 2.75) is 45.4 Å². The summed E-state index contributed by atoms with van der Waals surface area (Å²) < 4.78 is 28.7. The number of halogens is 2. The van der Waals surface area contributed by atoms with Crippen LogP contribution < -0.4 is 0 Å². The molecule has 1 aliphatic carbocycles. The van der Waals surface area contributed by atoms with Crippen LogP contribution in [-0.2, 0) is 24.1 Å². The summed E-state index contributed by atoms with van der Waals surface area (Å²) in [7, 11) is 0. The van der Waals surface area contributed by atoms with Crippen LogP contribution in [0.1, 0.15) is 40.7 Å². The van der Waals surface area contributed by atoms with Crippen LogP contribution in [0, 0.1) is 24.5 Å². The first kappa shape index (κ1) is 22.6. The molecular formula is C27H25F2N3OS. The first-order valence-electron chi connectivity index (χ1n) is 11.5. The van der Waals surface area contributed by atoms with Gasteiger partial charge in [0.1, 0.15) is 23.2 Å². The standard InChI is InChI=1S/C27H25F2N3OS/c1-17-30-24-14-18(3-13-26(24)34-17)2-12-23(33)15-27-31-25(19-4-6-20(28)7-5-19)16-32(27)22-10-8-21(29)9-11-22/h4-11,16,18H,2-3,12-15H2,1H3. The summed E-state index contributed by atoms with van der Waals surface area (Å²) in [5.74, 6) is 0.549. The van der Waals surface area contributed by atoms with E-state index in [0.717, 1.165) is 41.9 Å². The maximum atomic E-state index is 13.5. The number of carbonyl (C=O) groups is 1. The van der Waals surface area contributed by atoms with Crippen LogP contribution in [0.4, 0.5) is 8.78 Å². The fraction of sp³-hybridized carbons (Fsp3) is 0.296. The van der Waals surface area contributed by atoms with E-state index in [4.69, 9.17) is 4.98 Å². The van der Waals surface area contributed by atoms with E-state index in [9.17, 15) is 13.6 Å². The fourth-order valence-electron chi connectivity index (χ4n) is 4.58. The van der Waals surface area contributed by atoms with Crippen molar-refractivity contribution in [2.24, 2.45) is 5.92 Å². The molecule has 2 heterocycles. The van der Waals surface area contributed by atoms with E-state index in [0.29, 0.717) is 23.9 Å². The monoisotopic (exact) mass is 477 g/mol. The molecule has 2 aromatic carbocycles. The number of Topliss-reactive ketones (excluding diaryl/α,β-unsaturated/α-hetero) is 1. The van der Waals surface area contributed by atoms with Gasteiger partial charge < -0.3 is 4.57 Å². The second-order valence-corrected chi connectivity index (χ2v) is 10.1. The Bertz CT molecular complexity index is 1310. The Morgan fingerprint density at radius 1 is 1.06 bits per heavy atom. The number of hydrogen-bond donors (Lipinski definition) is 0. The minimum absolute atomic E-state index is 0.125. The second kappa shape index (κ2) is 9.58. The van der Waals surface area contributed by atoms with Crippen LogP contribution in [-0.4, -0.2) is 20.3 Å². The SMILES string of the molecule is Cc1nc2c(s1)CCC(CCC(=O)Cc1nc(-c3ccc(F)cc3)cn1-c1ccc(F)cc1)C2. The Morgan fingerprint density at radius 3 is 2.50 bits per heavy atom. The fourth-order valence-corrected chi connectivity index (χ4v) is 5.56. The predicted octanol–water partition coefficient (Wildman–Crippen LogP) is 6.28. The quantitative estimate of drug-likeness (QED) is 0.315. The van der Waals surface area contributed by atoms with Gasteiger partial charge in [-0.2, -0.15) is 0 Å². The molecule has 1 unspecified atom stereocenters. The molecule has 0 N–H and O–H groups in total. The van der Waals surface area contributed by atoms with Crippen molar-refractivity contribution in [3.05, 3.63) is 87.8 Å². The van der Waals surface area contributed by atoms with Gasteiger partial charge in [0.25, 0.3) is 0 Å². The van der Waals surface area contributed by atoms with Crippen molar-refractivity contribution < 1.29 is 13.6 Å². The van der Waals surface area contributed by atoms with E-state index in [1.807, 2.05) is 17.7 Å². The van der Waals surface area contributed by atoms with E-state index >= 15 is 0 Å². The summed E-state index contributed by atoms with van der Waals surface area (Å²) in [4.78, 5) is 23.7. The molecular weight excluding hydrogens is 452 g/mol. The lowest BCUT2D eigenvalue weighted by Gasteiger charge is -2.20. The third-order valence-electron chi connectivity index (χ3n) is 6.36. The molecule has 7 heteroatoms. The molecule has 34 heavy (non-hydrogen) atoms. The lowest BCUT2D eigenvalue weighted by atomic mass is 9.86. The van der Waals surface area contributed by atoms with Crippen molar-refractivity contribution in [3.63, 3.8) is 0 Å².